The number of ketones is 1. The minimum Gasteiger partial charge on any atom is -0.350 e. The van der Waals surface area contributed by atoms with E-state index in [0.29, 0.717) is 6.42 Å². The highest BCUT2D eigenvalue weighted by Crippen LogP contribution is 2.22. The van der Waals surface area contributed by atoms with E-state index < -0.39 is 0 Å². The molecule has 1 aliphatic carbocycles. The molecule has 18 heavy (non-hydrogen) atoms. The number of carbonyl (C=O) groups is 1. The van der Waals surface area contributed by atoms with Gasteiger partial charge in [0.15, 0.2) is 5.78 Å². The molecule has 3 rings (SSSR count). The van der Waals surface area contributed by atoms with Gasteiger partial charge in [-0.1, -0.05) is 0 Å². The summed E-state index contributed by atoms with van der Waals surface area (Å²) in [7, 11) is 1.95. The lowest BCUT2D eigenvalue weighted by molar-refractivity contribution is 0.0972. The summed E-state index contributed by atoms with van der Waals surface area (Å²) in [6, 6.07) is 1.95. The second kappa shape index (κ2) is 4.40. The lowest BCUT2D eigenvalue weighted by Crippen LogP contribution is -2.14. The van der Waals surface area contributed by atoms with Gasteiger partial charge in [-0.25, -0.2) is 0 Å². The zero-order valence-corrected chi connectivity index (χ0v) is 10.5. The molecule has 0 aromatic carbocycles. The van der Waals surface area contributed by atoms with Crippen molar-refractivity contribution in [3.05, 3.63) is 35.7 Å². The maximum atomic E-state index is 11.7. The number of carbonyl (C=O) groups excluding carboxylic acids is 1. The third kappa shape index (κ3) is 1.85. The van der Waals surface area contributed by atoms with E-state index in [1.54, 1.807) is 6.33 Å². The van der Waals surface area contributed by atoms with E-state index in [1.807, 2.05) is 23.9 Å². The average Bonchev–Trinajstić information content (AvgIpc) is 2.94. The Morgan fingerprint density at radius 1 is 1.39 bits per heavy atom. The van der Waals surface area contributed by atoms with Gasteiger partial charge < -0.3 is 9.13 Å². The number of aromatic nitrogens is 4. The normalized spacial score (nSPS) is 14.8. The predicted octanol–water partition coefficient (Wildman–Crippen LogP) is 1.38. The molecule has 2 aromatic heterocycles. The summed E-state index contributed by atoms with van der Waals surface area (Å²) in [6.07, 6.45) is 7.24. The number of Topliss-reactive ketones (excluding diaryl/α,β-unsaturated/α-hetero) is 1. The molecule has 1 aliphatic rings. The van der Waals surface area contributed by atoms with Crippen molar-refractivity contribution in [3.63, 3.8) is 0 Å². The SMILES string of the molecule is Cn1cnnc1CCn1ccc2c1CCCC2=O. The maximum absolute atomic E-state index is 11.7. The molecule has 5 heteroatoms. The van der Waals surface area contributed by atoms with E-state index >= 15 is 0 Å². The Morgan fingerprint density at radius 3 is 3.06 bits per heavy atom. The predicted molar refractivity (Wildman–Crippen MR) is 66.4 cm³/mol. The molecule has 0 aliphatic heterocycles. The number of hydrogen-bond acceptors (Lipinski definition) is 3. The number of nitrogens with zero attached hydrogens (tertiary/aromatic N) is 4. The molecule has 0 unspecified atom stereocenters. The van der Waals surface area contributed by atoms with E-state index in [0.717, 1.165) is 37.2 Å². The Labute approximate surface area is 105 Å². The first kappa shape index (κ1) is 11.2. The summed E-state index contributed by atoms with van der Waals surface area (Å²) >= 11 is 0. The number of fused-ring (bicyclic) bond motifs is 1. The molecule has 0 spiro atoms. The second-order valence-corrected chi connectivity index (χ2v) is 4.75. The number of rotatable bonds is 3. The van der Waals surface area contributed by atoms with Crippen LogP contribution in [0.25, 0.3) is 0 Å². The van der Waals surface area contributed by atoms with Gasteiger partial charge in [0.05, 0.1) is 0 Å². The van der Waals surface area contributed by atoms with Crippen LogP contribution in [-0.2, 0) is 26.4 Å². The van der Waals surface area contributed by atoms with Crippen LogP contribution in [0.2, 0.25) is 0 Å². The van der Waals surface area contributed by atoms with Crippen LogP contribution in [0.3, 0.4) is 0 Å². The zero-order valence-electron chi connectivity index (χ0n) is 10.5. The zero-order chi connectivity index (χ0) is 12.5. The Morgan fingerprint density at radius 2 is 2.28 bits per heavy atom. The highest BCUT2D eigenvalue weighted by Gasteiger charge is 2.20. The summed E-state index contributed by atoms with van der Waals surface area (Å²) in [5.41, 5.74) is 2.10. The molecule has 2 aromatic rings. The van der Waals surface area contributed by atoms with Crippen molar-refractivity contribution in [3.8, 4) is 0 Å². The number of aryl methyl sites for hydroxylation is 3. The fourth-order valence-electron chi connectivity index (χ4n) is 2.55. The highest BCUT2D eigenvalue weighted by molar-refractivity contribution is 5.98. The summed E-state index contributed by atoms with van der Waals surface area (Å²) in [6.45, 7) is 0.856. The fraction of sp³-hybridized carbons (Fsp3) is 0.462. The van der Waals surface area contributed by atoms with Crippen molar-refractivity contribution in [1.29, 1.82) is 0 Å². The molecule has 0 amide bonds. The molecule has 0 bridgehead atoms. The lowest BCUT2D eigenvalue weighted by Gasteiger charge is -2.14. The molecule has 2 heterocycles. The van der Waals surface area contributed by atoms with Gasteiger partial charge >= 0.3 is 0 Å². The standard InChI is InChI=1S/C13H16N4O/c1-16-9-14-15-13(16)6-8-17-7-5-10-11(17)3-2-4-12(10)18/h5,7,9H,2-4,6,8H2,1H3. The Kier molecular flexibility index (Phi) is 2.74. The minimum atomic E-state index is 0.286. The maximum Gasteiger partial charge on any atom is 0.164 e. The van der Waals surface area contributed by atoms with Gasteiger partial charge in [-0.2, -0.15) is 0 Å². The molecule has 0 atom stereocenters. The van der Waals surface area contributed by atoms with Crippen molar-refractivity contribution in [2.45, 2.75) is 32.2 Å². The van der Waals surface area contributed by atoms with E-state index in [9.17, 15) is 4.79 Å². The van der Waals surface area contributed by atoms with E-state index in [4.69, 9.17) is 0 Å². The van der Waals surface area contributed by atoms with Gasteiger partial charge in [0, 0.05) is 43.9 Å². The Bertz CT molecular complexity index is 582. The van der Waals surface area contributed by atoms with Crippen LogP contribution in [0, 0.1) is 0 Å². The van der Waals surface area contributed by atoms with Gasteiger partial charge in [-0.3, -0.25) is 4.79 Å². The van der Waals surface area contributed by atoms with E-state index in [2.05, 4.69) is 14.8 Å². The molecular weight excluding hydrogens is 228 g/mol. The fourth-order valence-corrected chi connectivity index (χ4v) is 2.55. The first-order valence-corrected chi connectivity index (χ1v) is 6.30. The van der Waals surface area contributed by atoms with Crippen molar-refractivity contribution in [2.24, 2.45) is 7.05 Å². The summed E-state index contributed by atoms with van der Waals surface area (Å²) in [5, 5.41) is 7.95. The molecule has 0 saturated carbocycles. The minimum absolute atomic E-state index is 0.286. The molecule has 0 saturated heterocycles. The molecule has 0 radical (unpaired) electrons. The van der Waals surface area contributed by atoms with Gasteiger partial charge in [-0.15, -0.1) is 10.2 Å². The average molecular weight is 244 g/mol. The molecule has 0 N–H and O–H groups in total. The smallest absolute Gasteiger partial charge is 0.164 e. The monoisotopic (exact) mass is 244 g/mol. The molecular formula is C13H16N4O. The summed E-state index contributed by atoms with van der Waals surface area (Å²) < 4.78 is 4.11. The van der Waals surface area contributed by atoms with Gasteiger partial charge in [0.1, 0.15) is 12.2 Å². The van der Waals surface area contributed by atoms with Crippen LogP contribution in [0.5, 0.6) is 0 Å². The molecule has 94 valence electrons. The van der Waals surface area contributed by atoms with Gasteiger partial charge in [0.2, 0.25) is 0 Å². The first-order chi connectivity index (χ1) is 8.75. The number of hydrogen-bond donors (Lipinski definition) is 0. The first-order valence-electron chi connectivity index (χ1n) is 6.30. The van der Waals surface area contributed by atoms with Crippen LogP contribution in [-0.4, -0.2) is 25.1 Å². The van der Waals surface area contributed by atoms with Crippen LogP contribution in [0.4, 0.5) is 0 Å². The van der Waals surface area contributed by atoms with Crippen LogP contribution < -0.4 is 0 Å². The highest BCUT2D eigenvalue weighted by atomic mass is 16.1. The summed E-state index contributed by atoms with van der Waals surface area (Å²) in [4.78, 5) is 11.7. The van der Waals surface area contributed by atoms with Crippen LogP contribution in [0.15, 0.2) is 18.6 Å². The van der Waals surface area contributed by atoms with Crippen molar-refractivity contribution < 1.29 is 4.79 Å². The lowest BCUT2D eigenvalue weighted by atomic mass is 9.97. The van der Waals surface area contributed by atoms with Crippen molar-refractivity contribution in [2.75, 3.05) is 0 Å². The Hall–Kier alpha value is -1.91. The van der Waals surface area contributed by atoms with Crippen molar-refractivity contribution in [1.82, 2.24) is 19.3 Å². The van der Waals surface area contributed by atoms with E-state index in [-0.39, 0.29) is 5.78 Å². The largest absolute Gasteiger partial charge is 0.350 e. The summed E-state index contributed by atoms with van der Waals surface area (Å²) in [5.74, 6) is 1.26. The quantitative estimate of drug-likeness (QED) is 0.819. The topological polar surface area (TPSA) is 52.7 Å². The third-order valence-corrected chi connectivity index (χ3v) is 3.58. The Balaban J connectivity index is 1.78. The van der Waals surface area contributed by atoms with E-state index in [1.165, 1.54) is 5.69 Å². The van der Waals surface area contributed by atoms with Crippen LogP contribution in [0.1, 0.15) is 34.7 Å². The van der Waals surface area contributed by atoms with Gasteiger partial charge in [-0.05, 0) is 18.9 Å². The third-order valence-electron chi connectivity index (χ3n) is 3.58. The molecule has 5 nitrogen and oxygen atoms in total. The van der Waals surface area contributed by atoms with Crippen molar-refractivity contribution >= 4 is 5.78 Å². The van der Waals surface area contributed by atoms with Gasteiger partial charge in [0.25, 0.3) is 0 Å². The van der Waals surface area contributed by atoms with Crippen LogP contribution >= 0.6 is 0 Å². The second-order valence-electron chi connectivity index (χ2n) is 4.75. The molecule has 0 fully saturated rings.